The first-order valence-corrected chi connectivity index (χ1v) is 3.86. The van der Waals surface area contributed by atoms with E-state index in [1.54, 1.807) is 10.9 Å². The molecule has 0 unspecified atom stereocenters. The van der Waals surface area contributed by atoms with Crippen LogP contribution in [0.3, 0.4) is 0 Å². The minimum atomic E-state index is -0.477. The van der Waals surface area contributed by atoms with Crippen molar-refractivity contribution < 1.29 is 4.84 Å². The molecule has 0 fully saturated rings. The molecule has 1 aromatic rings. The Morgan fingerprint density at radius 3 is 2.50 bits per heavy atom. The quantitative estimate of drug-likeness (QED) is 0.668. The molecule has 0 aliphatic carbocycles. The Balaban J connectivity index is 3.17. The predicted octanol–water partition coefficient (Wildman–Crippen LogP) is 0.854. The molecule has 12 heavy (non-hydrogen) atoms. The van der Waals surface area contributed by atoms with Gasteiger partial charge in [-0.1, -0.05) is 0 Å². The van der Waals surface area contributed by atoms with Gasteiger partial charge in [-0.25, -0.2) is 5.90 Å². The number of rotatable bonds is 2. The summed E-state index contributed by atoms with van der Waals surface area (Å²) in [7, 11) is 1.88. The first-order chi connectivity index (χ1) is 5.49. The average Bonchev–Trinajstić information content (AvgIpc) is 2.31. The molecule has 0 saturated heterocycles. The van der Waals surface area contributed by atoms with Crippen LogP contribution in [0.1, 0.15) is 25.1 Å². The van der Waals surface area contributed by atoms with E-state index in [1.807, 2.05) is 27.8 Å². The van der Waals surface area contributed by atoms with Gasteiger partial charge in [0.2, 0.25) is 0 Å². The molecule has 4 heteroatoms. The second-order valence-electron chi connectivity index (χ2n) is 3.43. The molecule has 0 bridgehead atoms. The minimum Gasteiger partial charge on any atom is -0.292 e. The van der Waals surface area contributed by atoms with E-state index in [1.165, 1.54) is 0 Å². The molecule has 1 rings (SSSR count). The number of aromatic nitrogens is 2. The van der Waals surface area contributed by atoms with Gasteiger partial charge in [0.15, 0.2) is 0 Å². The number of nitrogens with two attached hydrogens (primary N) is 1. The van der Waals surface area contributed by atoms with Gasteiger partial charge in [-0.3, -0.25) is 9.52 Å². The number of hydrogen-bond donors (Lipinski definition) is 1. The van der Waals surface area contributed by atoms with Crippen molar-refractivity contribution in [3.8, 4) is 0 Å². The molecule has 0 aliphatic heterocycles. The van der Waals surface area contributed by atoms with E-state index in [-0.39, 0.29) is 0 Å². The molecule has 0 aliphatic rings. The summed E-state index contributed by atoms with van der Waals surface area (Å²) in [6.45, 7) is 5.82. The van der Waals surface area contributed by atoms with Crippen LogP contribution in [0, 0.1) is 6.92 Å². The Morgan fingerprint density at radius 1 is 1.58 bits per heavy atom. The highest BCUT2D eigenvalue weighted by Crippen LogP contribution is 2.24. The predicted molar refractivity (Wildman–Crippen MR) is 46.2 cm³/mol. The van der Waals surface area contributed by atoms with Crippen LogP contribution in [0.25, 0.3) is 0 Å². The highest BCUT2D eigenvalue weighted by atomic mass is 16.6. The van der Waals surface area contributed by atoms with Crippen LogP contribution in [0.2, 0.25) is 0 Å². The van der Waals surface area contributed by atoms with Crippen molar-refractivity contribution in [3.63, 3.8) is 0 Å². The van der Waals surface area contributed by atoms with Gasteiger partial charge in [-0.15, -0.1) is 0 Å². The Hall–Kier alpha value is -0.870. The second-order valence-corrected chi connectivity index (χ2v) is 3.43. The maximum Gasteiger partial charge on any atom is 0.125 e. The summed E-state index contributed by atoms with van der Waals surface area (Å²) in [5.41, 5.74) is 1.62. The molecule has 2 N–H and O–H groups in total. The van der Waals surface area contributed by atoms with Gasteiger partial charge < -0.3 is 0 Å². The van der Waals surface area contributed by atoms with Crippen LogP contribution in [-0.2, 0) is 17.5 Å². The minimum absolute atomic E-state index is 0.477. The van der Waals surface area contributed by atoms with Crippen molar-refractivity contribution >= 4 is 0 Å². The van der Waals surface area contributed by atoms with Crippen molar-refractivity contribution in [3.05, 3.63) is 17.5 Å². The monoisotopic (exact) mass is 169 g/mol. The second kappa shape index (κ2) is 2.88. The van der Waals surface area contributed by atoms with Gasteiger partial charge in [0.25, 0.3) is 0 Å². The summed E-state index contributed by atoms with van der Waals surface area (Å²) in [5, 5.41) is 4.11. The lowest BCUT2D eigenvalue weighted by atomic mass is 10.0. The van der Waals surface area contributed by atoms with Crippen molar-refractivity contribution in [1.82, 2.24) is 9.78 Å². The summed E-state index contributed by atoms with van der Waals surface area (Å²) in [5.74, 6) is 5.19. The van der Waals surface area contributed by atoms with Crippen molar-refractivity contribution in [2.75, 3.05) is 0 Å². The molecule has 1 aromatic heterocycles. The van der Waals surface area contributed by atoms with Crippen LogP contribution in [-0.4, -0.2) is 9.78 Å². The lowest BCUT2D eigenvalue weighted by Crippen LogP contribution is -2.28. The Labute approximate surface area is 72.3 Å². The lowest BCUT2D eigenvalue weighted by Gasteiger charge is -2.22. The fraction of sp³-hybridized carbons (Fsp3) is 0.625. The Bertz CT molecular complexity index is 258. The molecule has 0 saturated carbocycles. The molecule has 0 aromatic carbocycles. The molecule has 0 spiro atoms. The third-order valence-electron chi connectivity index (χ3n) is 1.99. The third-order valence-corrected chi connectivity index (χ3v) is 1.99. The highest BCUT2D eigenvalue weighted by molar-refractivity contribution is 5.21. The first-order valence-electron chi connectivity index (χ1n) is 3.86. The van der Waals surface area contributed by atoms with E-state index in [4.69, 9.17) is 10.7 Å². The van der Waals surface area contributed by atoms with Gasteiger partial charge >= 0.3 is 0 Å². The fourth-order valence-electron chi connectivity index (χ4n) is 1.47. The molecule has 0 radical (unpaired) electrons. The maximum atomic E-state index is 5.19. The molecular weight excluding hydrogens is 154 g/mol. The average molecular weight is 169 g/mol. The van der Waals surface area contributed by atoms with E-state index in [0.29, 0.717) is 0 Å². The van der Waals surface area contributed by atoms with Crippen LogP contribution in [0.5, 0.6) is 0 Å². The normalized spacial score (nSPS) is 12.1. The summed E-state index contributed by atoms with van der Waals surface area (Å²) >= 11 is 0. The summed E-state index contributed by atoms with van der Waals surface area (Å²) in [4.78, 5) is 4.88. The van der Waals surface area contributed by atoms with Crippen LogP contribution < -0.4 is 5.90 Å². The van der Waals surface area contributed by atoms with Crippen LogP contribution in [0.4, 0.5) is 0 Å². The topological polar surface area (TPSA) is 53.1 Å². The zero-order valence-corrected chi connectivity index (χ0v) is 7.96. The molecule has 1 heterocycles. The highest BCUT2D eigenvalue weighted by Gasteiger charge is 2.26. The number of aryl methyl sites for hydroxylation is 2. The van der Waals surface area contributed by atoms with Gasteiger partial charge in [0.1, 0.15) is 5.60 Å². The van der Waals surface area contributed by atoms with Gasteiger partial charge in [-0.05, 0) is 26.3 Å². The zero-order chi connectivity index (χ0) is 9.35. The fourth-order valence-corrected chi connectivity index (χ4v) is 1.47. The standard InChI is InChI=1S/C8H15N3O/c1-6-5-10-11(4)7(6)8(2,3)12-9/h5H,9H2,1-4H3. The largest absolute Gasteiger partial charge is 0.292 e. The van der Waals surface area contributed by atoms with Crippen molar-refractivity contribution in [2.45, 2.75) is 26.4 Å². The summed E-state index contributed by atoms with van der Waals surface area (Å²) in [6.07, 6.45) is 1.80. The lowest BCUT2D eigenvalue weighted by molar-refractivity contribution is -0.0298. The van der Waals surface area contributed by atoms with Gasteiger partial charge in [0.05, 0.1) is 11.9 Å². The summed E-state index contributed by atoms with van der Waals surface area (Å²) < 4.78 is 1.78. The maximum absolute atomic E-state index is 5.19. The van der Waals surface area contributed by atoms with E-state index in [2.05, 4.69) is 5.10 Å². The Morgan fingerprint density at radius 2 is 2.17 bits per heavy atom. The molecule has 68 valence electrons. The van der Waals surface area contributed by atoms with E-state index in [9.17, 15) is 0 Å². The van der Waals surface area contributed by atoms with E-state index >= 15 is 0 Å². The molecule has 0 atom stereocenters. The van der Waals surface area contributed by atoms with Gasteiger partial charge in [0, 0.05) is 7.05 Å². The van der Waals surface area contributed by atoms with Gasteiger partial charge in [-0.2, -0.15) is 5.10 Å². The van der Waals surface area contributed by atoms with Crippen LogP contribution in [0.15, 0.2) is 6.20 Å². The van der Waals surface area contributed by atoms with E-state index < -0.39 is 5.60 Å². The number of hydrogen-bond acceptors (Lipinski definition) is 3. The molecule has 0 amide bonds. The SMILES string of the molecule is Cc1cnn(C)c1C(C)(C)ON. The first kappa shape index (κ1) is 9.22. The smallest absolute Gasteiger partial charge is 0.125 e. The Kier molecular flexibility index (Phi) is 2.21. The zero-order valence-electron chi connectivity index (χ0n) is 7.96. The van der Waals surface area contributed by atoms with Crippen molar-refractivity contribution in [2.24, 2.45) is 12.9 Å². The third kappa shape index (κ3) is 1.35. The molecule has 4 nitrogen and oxygen atoms in total. The van der Waals surface area contributed by atoms with Crippen molar-refractivity contribution in [1.29, 1.82) is 0 Å². The van der Waals surface area contributed by atoms with E-state index in [0.717, 1.165) is 11.3 Å². The number of nitrogens with zero attached hydrogens (tertiary/aromatic N) is 2. The summed E-state index contributed by atoms with van der Waals surface area (Å²) in [6, 6.07) is 0. The van der Waals surface area contributed by atoms with Crippen LogP contribution >= 0.6 is 0 Å². The molecular formula is C8H15N3O.